The highest BCUT2D eigenvalue weighted by molar-refractivity contribution is 7.89. The van der Waals surface area contributed by atoms with Gasteiger partial charge in [-0.15, -0.1) is 11.3 Å². The molecular formula is C14H20N2O3S2. The number of morpholine rings is 1. The van der Waals surface area contributed by atoms with Gasteiger partial charge in [-0.25, -0.2) is 8.42 Å². The van der Waals surface area contributed by atoms with Crippen LogP contribution in [0.25, 0.3) is 0 Å². The van der Waals surface area contributed by atoms with Crippen LogP contribution in [0.1, 0.15) is 30.6 Å². The van der Waals surface area contributed by atoms with Crippen LogP contribution in [-0.4, -0.2) is 44.1 Å². The van der Waals surface area contributed by atoms with Gasteiger partial charge in [0.05, 0.1) is 17.1 Å². The monoisotopic (exact) mass is 328 g/mol. The van der Waals surface area contributed by atoms with Crippen LogP contribution in [0.5, 0.6) is 0 Å². The van der Waals surface area contributed by atoms with Crippen LogP contribution in [-0.2, 0) is 21.3 Å². The quantitative estimate of drug-likeness (QED) is 0.891. The highest BCUT2D eigenvalue weighted by atomic mass is 32.2. The molecule has 4 rings (SSSR count). The van der Waals surface area contributed by atoms with Gasteiger partial charge in [-0.05, 0) is 37.1 Å². The average molecular weight is 328 g/mol. The second-order valence-electron chi connectivity index (χ2n) is 6.14. The minimum atomic E-state index is -3.38. The van der Waals surface area contributed by atoms with E-state index in [1.54, 1.807) is 10.4 Å². The Morgan fingerprint density at radius 2 is 1.95 bits per heavy atom. The van der Waals surface area contributed by atoms with Gasteiger partial charge in [0, 0.05) is 30.6 Å². The van der Waals surface area contributed by atoms with Gasteiger partial charge in [0.25, 0.3) is 0 Å². The van der Waals surface area contributed by atoms with E-state index in [1.165, 1.54) is 24.2 Å². The summed E-state index contributed by atoms with van der Waals surface area (Å²) in [6, 6.07) is 2.34. The average Bonchev–Trinajstić information content (AvgIpc) is 3.07. The molecule has 2 saturated heterocycles. The molecule has 3 fully saturated rings. The van der Waals surface area contributed by atoms with Gasteiger partial charge in [-0.3, -0.25) is 0 Å². The standard InChI is InChI=1S/C14H20N2O3S2/c17-21(18,16-8-11-3-4-12(9-16)19-11)14-5-6-20-13(14)7-15-10-1-2-10/h5-6,10-12,15H,1-4,7-9H2. The molecule has 3 aliphatic rings. The van der Waals surface area contributed by atoms with Crippen molar-refractivity contribution < 1.29 is 13.2 Å². The van der Waals surface area contributed by atoms with Gasteiger partial charge in [0.15, 0.2) is 0 Å². The van der Waals surface area contributed by atoms with E-state index in [0.717, 1.165) is 17.7 Å². The van der Waals surface area contributed by atoms with Crippen molar-refractivity contribution in [3.8, 4) is 0 Å². The number of nitrogens with zero attached hydrogens (tertiary/aromatic N) is 1. The second kappa shape index (κ2) is 5.31. The number of thiophene rings is 1. The Morgan fingerprint density at radius 3 is 2.62 bits per heavy atom. The van der Waals surface area contributed by atoms with Crippen molar-refractivity contribution in [1.82, 2.24) is 9.62 Å². The third-order valence-corrected chi connectivity index (χ3v) is 7.43. The number of hydrogen-bond acceptors (Lipinski definition) is 5. The zero-order valence-electron chi connectivity index (χ0n) is 11.8. The molecule has 0 aromatic carbocycles. The van der Waals surface area contributed by atoms with Crippen LogP contribution in [0, 0.1) is 0 Å². The Labute approximate surface area is 129 Å². The maximum Gasteiger partial charge on any atom is 0.244 e. The molecule has 2 aliphatic heterocycles. The Kier molecular flexibility index (Phi) is 3.58. The number of hydrogen-bond donors (Lipinski definition) is 1. The van der Waals surface area contributed by atoms with Crippen molar-refractivity contribution in [2.45, 2.75) is 55.4 Å². The van der Waals surface area contributed by atoms with Crippen molar-refractivity contribution in [2.75, 3.05) is 13.1 Å². The molecule has 1 aromatic heterocycles. The predicted molar refractivity (Wildman–Crippen MR) is 80.8 cm³/mol. The van der Waals surface area contributed by atoms with E-state index in [-0.39, 0.29) is 12.2 Å². The van der Waals surface area contributed by atoms with E-state index in [9.17, 15) is 8.42 Å². The summed E-state index contributed by atoms with van der Waals surface area (Å²) in [4.78, 5) is 1.42. The lowest BCUT2D eigenvalue weighted by atomic mass is 10.2. The van der Waals surface area contributed by atoms with Gasteiger partial charge < -0.3 is 10.1 Å². The van der Waals surface area contributed by atoms with Crippen molar-refractivity contribution in [3.63, 3.8) is 0 Å². The van der Waals surface area contributed by atoms with Crippen LogP contribution in [0.2, 0.25) is 0 Å². The number of nitrogens with one attached hydrogen (secondary N) is 1. The topological polar surface area (TPSA) is 58.6 Å². The summed E-state index contributed by atoms with van der Waals surface area (Å²) in [6.45, 7) is 1.67. The fourth-order valence-corrected chi connectivity index (χ4v) is 5.99. The third kappa shape index (κ3) is 2.77. The molecule has 1 aliphatic carbocycles. The van der Waals surface area contributed by atoms with E-state index in [0.29, 0.717) is 30.6 Å². The first kappa shape index (κ1) is 14.1. The molecule has 3 heterocycles. The number of rotatable bonds is 5. The lowest BCUT2D eigenvalue weighted by Gasteiger charge is -2.31. The van der Waals surface area contributed by atoms with E-state index in [4.69, 9.17) is 4.74 Å². The summed E-state index contributed by atoms with van der Waals surface area (Å²) in [7, 11) is -3.38. The molecule has 5 nitrogen and oxygen atoms in total. The third-order valence-electron chi connectivity index (χ3n) is 4.46. The molecule has 7 heteroatoms. The SMILES string of the molecule is O=S(=O)(c1ccsc1CNC1CC1)N1CC2CCC(C1)O2. The van der Waals surface area contributed by atoms with Crippen molar-refractivity contribution in [2.24, 2.45) is 0 Å². The minimum absolute atomic E-state index is 0.0881. The first-order valence-electron chi connectivity index (χ1n) is 7.58. The molecule has 1 saturated carbocycles. The van der Waals surface area contributed by atoms with Crippen molar-refractivity contribution in [1.29, 1.82) is 0 Å². The van der Waals surface area contributed by atoms with Gasteiger partial charge in [-0.2, -0.15) is 4.31 Å². The van der Waals surface area contributed by atoms with Crippen LogP contribution in [0.4, 0.5) is 0 Å². The summed E-state index contributed by atoms with van der Waals surface area (Å²) in [5, 5.41) is 5.29. The Morgan fingerprint density at radius 1 is 1.24 bits per heavy atom. The summed E-state index contributed by atoms with van der Waals surface area (Å²) in [5.74, 6) is 0. The summed E-state index contributed by atoms with van der Waals surface area (Å²) in [6.07, 6.45) is 4.56. The lowest BCUT2D eigenvalue weighted by molar-refractivity contribution is -0.0114. The maximum atomic E-state index is 12.9. The lowest BCUT2D eigenvalue weighted by Crippen LogP contribution is -2.45. The highest BCUT2D eigenvalue weighted by Gasteiger charge is 2.40. The Balaban J connectivity index is 1.54. The normalized spacial score (nSPS) is 29.9. The van der Waals surface area contributed by atoms with E-state index in [1.807, 2.05) is 5.38 Å². The molecule has 0 spiro atoms. The van der Waals surface area contributed by atoms with Gasteiger partial charge in [0.2, 0.25) is 10.0 Å². The maximum absolute atomic E-state index is 12.9. The van der Waals surface area contributed by atoms with Gasteiger partial charge >= 0.3 is 0 Å². The fraction of sp³-hybridized carbons (Fsp3) is 0.714. The molecule has 1 aromatic rings. The molecule has 0 amide bonds. The van der Waals surface area contributed by atoms with E-state index >= 15 is 0 Å². The van der Waals surface area contributed by atoms with E-state index < -0.39 is 10.0 Å². The second-order valence-corrected chi connectivity index (χ2v) is 9.05. The first-order valence-corrected chi connectivity index (χ1v) is 9.90. The van der Waals surface area contributed by atoms with Crippen molar-refractivity contribution >= 4 is 21.4 Å². The molecule has 2 bridgehead atoms. The number of ether oxygens (including phenoxy) is 1. The zero-order chi connectivity index (χ0) is 14.4. The molecule has 2 unspecified atom stereocenters. The minimum Gasteiger partial charge on any atom is -0.372 e. The first-order chi connectivity index (χ1) is 10.1. The van der Waals surface area contributed by atoms with Crippen LogP contribution in [0.3, 0.4) is 0 Å². The zero-order valence-corrected chi connectivity index (χ0v) is 13.5. The van der Waals surface area contributed by atoms with Crippen LogP contribution >= 0.6 is 11.3 Å². The van der Waals surface area contributed by atoms with Gasteiger partial charge in [0.1, 0.15) is 0 Å². The molecular weight excluding hydrogens is 308 g/mol. The molecule has 21 heavy (non-hydrogen) atoms. The summed E-state index contributed by atoms with van der Waals surface area (Å²) < 4.78 is 33.2. The predicted octanol–water partition coefficient (Wildman–Crippen LogP) is 1.55. The number of fused-ring (bicyclic) bond motifs is 2. The summed E-state index contributed by atoms with van der Waals surface area (Å²) >= 11 is 1.53. The van der Waals surface area contributed by atoms with E-state index in [2.05, 4.69) is 5.32 Å². The van der Waals surface area contributed by atoms with Gasteiger partial charge in [-0.1, -0.05) is 0 Å². The van der Waals surface area contributed by atoms with Crippen LogP contribution in [0.15, 0.2) is 16.3 Å². The molecule has 1 N–H and O–H groups in total. The molecule has 0 radical (unpaired) electrons. The molecule has 116 valence electrons. The highest BCUT2D eigenvalue weighted by Crippen LogP contribution is 2.32. The molecule has 2 atom stereocenters. The largest absolute Gasteiger partial charge is 0.372 e. The fourth-order valence-electron chi connectivity index (χ4n) is 3.12. The Bertz CT molecular complexity index is 612. The number of sulfonamides is 1. The van der Waals surface area contributed by atoms with Crippen LogP contribution < -0.4 is 5.32 Å². The summed E-state index contributed by atoms with van der Waals surface area (Å²) in [5.41, 5.74) is 0. The van der Waals surface area contributed by atoms with Crippen molar-refractivity contribution in [3.05, 3.63) is 16.3 Å². The smallest absolute Gasteiger partial charge is 0.244 e. The Hall–Kier alpha value is -0.470.